The highest BCUT2D eigenvalue weighted by atomic mass is 79.9. The molecule has 1 aromatic rings. The van der Waals surface area contributed by atoms with Crippen LogP contribution in [0.15, 0.2) is 16.6 Å². The normalized spacial score (nSPS) is 15.2. The molecule has 0 aromatic heterocycles. The lowest BCUT2D eigenvalue weighted by atomic mass is 9.98. The fourth-order valence-corrected chi connectivity index (χ4v) is 2.89. The van der Waals surface area contributed by atoms with E-state index in [1.165, 1.54) is 18.4 Å². The highest BCUT2D eigenvalue weighted by Gasteiger charge is 2.15. The van der Waals surface area contributed by atoms with Crippen LogP contribution in [-0.4, -0.2) is 26.3 Å². The van der Waals surface area contributed by atoms with Gasteiger partial charge in [0.05, 0.1) is 0 Å². The minimum Gasteiger partial charge on any atom is -0.486 e. The van der Waals surface area contributed by atoms with Gasteiger partial charge in [0, 0.05) is 4.47 Å². The molecule has 0 saturated heterocycles. The van der Waals surface area contributed by atoms with Gasteiger partial charge in [-0.25, -0.2) is 0 Å². The molecule has 0 bridgehead atoms. The first-order chi connectivity index (χ1) is 9.70. The molecular formula is C16H24BrNO2. The van der Waals surface area contributed by atoms with Crippen LogP contribution in [0, 0.1) is 5.92 Å². The zero-order chi connectivity index (χ0) is 14.4. The summed E-state index contributed by atoms with van der Waals surface area (Å²) in [7, 11) is 0. The number of ether oxygens (including phenoxy) is 2. The molecule has 2 rings (SSSR count). The van der Waals surface area contributed by atoms with Gasteiger partial charge in [-0.2, -0.15) is 0 Å². The molecule has 1 N–H and O–H groups in total. The third kappa shape index (κ3) is 4.38. The number of benzene rings is 1. The van der Waals surface area contributed by atoms with Crippen LogP contribution in [0.25, 0.3) is 0 Å². The summed E-state index contributed by atoms with van der Waals surface area (Å²) in [6, 6.07) is 4.16. The molecule has 1 unspecified atom stereocenters. The summed E-state index contributed by atoms with van der Waals surface area (Å²) < 4.78 is 12.4. The maximum absolute atomic E-state index is 5.65. The van der Waals surface area contributed by atoms with E-state index in [0.717, 1.165) is 41.4 Å². The zero-order valence-electron chi connectivity index (χ0n) is 12.4. The SMILES string of the molecule is CCNCCC(C)CCc1cc2c(cc1Br)OCCO2. The number of rotatable bonds is 7. The Labute approximate surface area is 130 Å². The molecule has 0 amide bonds. The third-order valence-corrected chi connectivity index (χ3v) is 4.42. The van der Waals surface area contributed by atoms with Crippen LogP contribution >= 0.6 is 15.9 Å². The van der Waals surface area contributed by atoms with Crippen LogP contribution < -0.4 is 14.8 Å². The van der Waals surface area contributed by atoms with Crippen molar-refractivity contribution in [2.45, 2.75) is 33.1 Å². The Balaban J connectivity index is 1.89. The van der Waals surface area contributed by atoms with Crippen molar-refractivity contribution in [1.82, 2.24) is 5.32 Å². The largest absolute Gasteiger partial charge is 0.486 e. The Morgan fingerprint density at radius 1 is 1.20 bits per heavy atom. The average Bonchev–Trinajstić information content (AvgIpc) is 2.45. The van der Waals surface area contributed by atoms with Crippen LogP contribution in [-0.2, 0) is 6.42 Å². The smallest absolute Gasteiger partial charge is 0.162 e. The molecular weight excluding hydrogens is 318 g/mol. The van der Waals surface area contributed by atoms with Crippen molar-refractivity contribution in [2.24, 2.45) is 5.92 Å². The summed E-state index contributed by atoms with van der Waals surface area (Å²) in [6.07, 6.45) is 3.50. The topological polar surface area (TPSA) is 30.5 Å². The lowest BCUT2D eigenvalue weighted by Crippen LogP contribution is -2.17. The van der Waals surface area contributed by atoms with E-state index in [-0.39, 0.29) is 0 Å². The van der Waals surface area contributed by atoms with Crippen molar-refractivity contribution in [2.75, 3.05) is 26.3 Å². The standard InChI is InChI=1S/C16H24BrNO2/c1-3-18-7-6-12(2)4-5-13-10-15-16(11-14(13)17)20-9-8-19-15/h10-12,18H,3-9H2,1-2H3. The summed E-state index contributed by atoms with van der Waals surface area (Å²) in [5, 5.41) is 3.38. The molecule has 1 heterocycles. The summed E-state index contributed by atoms with van der Waals surface area (Å²) >= 11 is 3.64. The molecule has 1 aromatic carbocycles. The average molecular weight is 342 g/mol. The summed E-state index contributed by atoms with van der Waals surface area (Å²) in [5.41, 5.74) is 1.31. The van der Waals surface area contributed by atoms with Crippen LogP contribution in [0.2, 0.25) is 0 Å². The predicted molar refractivity (Wildman–Crippen MR) is 85.8 cm³/mol. The van der Waals surface area contributed by atoms with Gasteiger partial charge in [0.25, 0.3) is 0 Å². The number of halogens is 1. The Hall–Kier alpha value is -0.740. The number of hydrogen-bond acceptors (Lipinski definition) is 3. The fourth-order valence-electron chi connectivity index (χ4n) is 2.37. The maximum atomic E-state index is 5.65. The number of hydrogen-bond donors (Lipinski definition) is 1. The van der Waals surface area contributed by atoms with Crippen molar-refractivity contribution in [3.63, 3.8) is 0 Å². The van der Waals surface area contributed by atoms with E-state index in [1.807, 2.05) is 6.07 Å². The van der Waals surface area contributed by atoms with Crippen molar-refractivity contribution in [3.8, 4) is 11.5 Å². The molecule has 0 fully saturated rings. The Morgan fingerprint density at radius 2 is 1.90 bits per heavy atom. The fraction of sp³-hybridized carbons (Fsp3) is 0.625. The van der Waals surface area contributed by atoms with Gasteiger partial charge in [-0.15, -0.1) is 0 Å². The molecule has 3 nitrogen and oxygen atoms in total. The minimum atomic E-state index is 0.639. The molecule has 1 aliphatic heterocycles. The van der Waals surface area contributed by atoms with Crippen LogP contribution in [0.4, 0.5) is 0 Å². The molecule has 0 radical (unpaired) electrons. The zero-order valence-corrected chi connectivity index (χ0v) is 14.0. The molecule has 20 heavy (non-hydrogen) atoms. The van der Waals surface area contributed by atoms with Gasteiger partial charge in [0.15, 0.2) is 11.5 Å². The van der Waals surface area contributed by atoms with E-state index in [4.69, 9.17) is 9.47 Å². The maximum Gasteiger partial charge on any atom is 0.162 e. The van der Waals surface area contributed by atoms with Crippen molar-refractivity contribution in [1.29, 1.82) is 0 Å². The first-order valence-electron chi connectivity index (χ1n) is 7.49. The van der Waals surface area contributed by atoms with Gasteiger partial charge >= 0.3 is 0 Å². The van der Waals surface area contributed by atoms with Crippen LogP contribution in [0.3, 0.4) is 0 Å². The molecule has 4 heteroatoms. The van der Waals surface area contributed by atoms with Crippen molar-refractivity contribution >= 4 is 15.9 Å². The first-order valence-corrected chi connectivity index (χ1v) is 8.28. The van der Waals surface area contributed by atoms with Gasteiger partial charge in [-0.3, -0.25) is 0 Å². The molecule has 1 atom stereocenters. The molecule has 0 spiro atoms. The Morgan fingerprint density at radius 3 is 2.60 bits per heavy atom. The van der Waals surface area contributed by atoms with Gasteiger partial charge < -0.3 is 14.8 Å². The second kappa shape index (κ2) is 7.89. The van der Waals surface area contributed by atoms with Crippen LogP contribution in [0.1, 0.15) is 32.3 Å². The molecule has 0 aliphatic carbocycles. The third-order valence-electron chi connectivity index (χ3n) is 3.68. The highest BCUT2D eigenvalue weighted by molar-refractivity contribution is 9.10. The van der Waals surface area contributed by atoms with E-state index in [0.29, 0.717) is 13.2 Å². The predicted octanol–water partition coefficient (Wildman–Crippen LogP) is 3.79. The molecule has 0 saturated carbocycles. The lowest BCUT2D eigenvalue weighted by molar-refractivity contribution is 0.171. The second-order valence-corrected chi connectivity index (χ2v) is 6.23. The first kappa shape index (κ1) is 15.6. The minimum absolute atomic E-state index is 0.639. The molecule has 1 aliphatic rings. The summed E-state index contributed by atoms with van der Waals surface area (Å²) in [6.45, 7) is 7.92. The number of fused-ring (bicyclic) bond motifs is 1. The van der Waals surface area contributed by atoms with Gasteiger partial charge in [0.2, 0.25) is 0 Å². The Bertz CT molecular complexity index is 437. The number of aryl methyl sites for hydroxylation is 1. The van der Waals surface area contributed by atoms with Gasteiger partial charge in [0.1, 0.15) is 13.2 Å². The van der Waals surface area contributed by atoms with Gasteiger partial charge in [-0.05, 0) is 56.0 Å². The summed E-state index contributed by atoms with van der Waals surface area (Å²) in [4.78, 5) is 0. The van der Waals surface area contributed by atoms with E-state index in [9.17, 15) is 0 Å². The monoisotopic (exact) mass is 341 g/mol. The Kier molecular flexibility index (Phi) is 6.17. The van der Waals surface area contributed by atoms with E-state index < -0.39 is 0 Å². The molecule has 112 valence electrons. The number of nitrogens with one attached hydrogen (secondary N) is 1. The summed E-state index contributed by atoms with van der Waals surface area (Å²) in [5.74, 6) is 2.47. The van der Waals surface area contributed by atoms with E-state index >= 15 is 0 Å². The van der Waals surface area contributed by atoms with Crippen molar-refractivity contribution in [3.05, 3.63) is 22.2 Å². The highest BCUT2D eigenvalue weighted by Crippen LogP contribution is 2.36. The van der Waals surface area contributed by atoms with Gasteiger partial charge in [-0.1, -0.05) is 29.8 Å². The van der Waals surface area contributed by atoms with Crippen molar-refractivity contribution < 1.29 is 9.47 Å². The lowest BCUT2D eigenvalue weighted by Gasteiger charge is -2.20. The van der Waals surface area contributed by atoms with E-state index in [2.05, 4.69) is 41.2 Å². The quantitative estimate of drug-likeness (QED) is 0.765. The second-order valence-electron chi connectivity index (χ2n) is 5.37. The van der Waals surface area contributed by atoms with Crippen LogP contribution in [0.5, 0.6) is 11.5 Å². The van der Waals surface area contributed by atoms with E-state index in [1.54, 1.807) is 0 Å².